The average Bonchev–Trinajstić information content (AvgIpc) is 3.12. The van der Waals surface area contributed by atoms with Crippen LogP contribution in [-0.2, 0) is 25.6 Å². The first kappa shape index (κ1) is 37.4. The van der Waals surface area contributed by atoms with Gasteiger partial charge in [0.1, 0.15) is 55.5 Å². The van der Waals surface area contributed by atoms with Crippen molar-refractivity contribution in [2.24, 2.45) is 17.2 Å². The molecule has 2 aromatic carbocycles. The summed E-state index contributed by atoms with van der Waals surface area (Å²) in [5.41, 5.74) is 19.6. The normalized spacial score (nSPS) is 18.1. The van der Waals surface area contributed by atoms with E-state index in [-0.39, 0.29) is 51.3 Å². The zero-order chi connectivity index (χ0) is 36.2. The Morgan fingerprint density at radius 2 is 1.60 bits per heavy atom. The largest absolute Gasteiger partial charge is 0.492 e. The third-order valence-corrected chi connectivity index (χ3v) is 7.97. The van der Waals surface area contributed by atoms with Gasteiger partial charge in [-0.25, -0.2) is 9.97 Å². The summed E-state index contributed by atoms with van der Waals surface area (Å²) >= 11 is 0. The van der Waals surface area contributed by atoms with Crippen molar-refractivity contribution in [1.29, 1.82) is 0 Å². The van der Waals surface area contributed by atoms with E-state index in [1.54, 1.807) is 30.3 Å². The molecule has 4 bridgehead atoms. The van der Waals surface area contributed by atoms with Crippen molar-refractivity contribution >= 4 is 29.9 Å². The van der Waals surface area contributed by atoms with Gasteiger partial charge in [-0.15, -0.1) is 0 Å². The van der Waals surface area contributed by atoms with Gasteiger partial charge in [-0.05, 0) is 61.7 Å². The van der Waals surface area contributed by atoms with Gasteiger partial charge in [0, 0.05) is 43.7 Å². The van der Waals surface area contributed by atoms with Crippen molar-refractivity contribution in [3.05, 3.63) is 71.8 Å². The zero-order valence-corrected chi connectivity index (χ0v) is 28.0. The molecule has 4 amide bonds. The number of nitrogens with one attached hydrogen (secondary N) is 3. The summed E-state index contributed by atoms with van der Waals surface area (Å²) in [7, 11) is 1.42. The third-order valence-electron chi connectivity index (χ3n) is 7.97. The number of ether oxygens (including phenoxy) is 2. The molecule has 9 N–H and O–H groups in total. The van der Waals surface area contributed by atoms with Gasteiger partial charge in [0.2, 0.25) is 17.7 Å². The van der Waals surface area contributed by atoms with Crippen LogP contribution < -0.4 is 42.6 Å². The summed E-state index contributed by atoms with van der Waals surface area (Å²) in [6, 6.07) is 5.84. The van der Waals surface area contributed by atoms with E-state index in [4.69, 9.17) is 26.7 Å². The molecule has 0 radical (unpaired) electrons. The molecule has 16 nitrogen and oxygen atoms in total. The molecule has 1 aromatic heterocycles. The SMILES string of the molecule is CC1NC(=O)C(N(C)C(=O)C(CCN)NC(=O)c2cncnc2)c2ccc(OCCN)c(c2)-c2cc(ccc2OCCN)CC(C=O)NC1=O. The molecule has 50 heavy (non-hydrogen) atoms. The molecular weight excluding hydrogens is 646 g/mol. The molecule has 4 unspecified atom stereocenters. The van der Waals surface area contributed by atoms with Gasteiger partial charge in [-0.3, -0.25) is 19.2 Å². The first-order valence-corrected chi connectivity index (χ1v) is 16.1. The number of rotatable bonds is 13. The van der Waals surface area contributed by atoms with Crippen LogP contribution in [0.3, 0.4) is 0 Å². The van der Waals surface area contributed by atoms with Gasteiger partial charge in [0.25, 0.3) is 5.91 Å². The van der Waals surface area contributed by atoms with Crippen LogP contribution in [-0.4, -0.2) is 103 Å². The lowest BCUT2D eigenvalue weighted by atomic mass is 9.93. The molecule has 4 atom stereocenters. The highest BCUT2D eigenvalue weighted by atomic mass is 16.5. The van der Waals surface area contributed by atoms with Crippen LogP contribution in [0.2, 0.25) is 0 Å². The number of nitrogens with zero attached hydrogens (tertiary/aromatic N) is 3. The first-order chi connectivity index (χ1) is 24.1. The second-order valence-corrected chi connectivity index (χ2v) is 11.6. The van der Waals surface area contributed by atoms with Crippen LogP contribution in [0.1, 0.15) is 40.9 Å². The van der Waals surface area contributed by atoms with Gasteiger partial charge >= 0.3 is 0 Å². The number of carbonyl (C=O) groups excluding carboxylic acids is 5. The Morgan fingerprint density at radius 3 is 2.22 bits per heavy atom. The van der Waals surface area contributed by atoms with E-state index in [9.17, 15) is 24.0 Å². The molecule has 266 valence electrons. The Bertz CT molecular complexity index is 1670. The standard InChI is InChI=1S/C34H43N9O7/c1-20-31(45)41-24(18-44)13-21-3-5-28(49-11-9-36)25(14-21)26-15-22(4-6-29(26)50-12-10-37)30(33(47)40-20)43(2)34(48)27(7-8-35)42-32(46)23-16-38-19-39-17-23/h3-6,14-20,24,27,30H,7-13,35-37H2,1-2H3,(H,40,47)(H,41,45)(H,42,46). The minimum atomic E-state index is -1.32. The molecule has 0 fully saturated rings. The van der Waals surface area contributed by atoms with Crippen molar-refractivity contribution in [3.63, 3.8) is 0 Å². The van der Waals surface area contributed by atoms with Crippen molar-refractivity contribution in [2.45, 2.75) is 43.9 Å². The highest BCUT2D eigenvalue weighted by Gasteiger charge is 2.35. The predicted molar refractivity (Wildman–Crippen MR) is 183 cm³/mol. The van der Waals surface area contributed by atoms with Crippen LogP contribution in [0.4, 0.5) is 0 Å². The third kappa shape index (κ3) is 9.16. The Kier molecular flexibility index (Phi) is 13.3. The number of benzene rings is 2. The Hall–Kier alpha value is -5.45. The van der Waals surface area contributed by atoms with Gasteiger partial charge in [0.15, 0.2) is 0 Å². The van der Waals surface area contributed by atoms with Crippen LogP contribution >= 0.6 is 0 Å². The summed E-state index contributed by atoms with van der Waals surface area (Å²) in [6.07, 6.45) is 4.70. The number of fused-ring (bicyclic) bond motifs is 5. The fraction of sp³-hybridized carbons (Fsp3) is 0.382. The molecule has 4 rings (SSSR count). The minimum absolute atomic E-state index is 0.0427. The smallest absolute Gasteiger partial charge is 0.255 e. The van der Waals surface area contributed by atoms with Crippen LogP contribution in [0, 0.1) is 0 Å². The Morgan fingerprint density at radius 1 is 0.960 bits per heavy atom. The second-order valence-electron chi connectivity index (χ2n) is 11.6. The summed E-state index contributed by atoms with van der Waals surface area (Å²) in [4.78, 5) is 75.4. The van der Waals surface area contributed by atoms with E-state index >= 15 is 0 Å². The van der Waals surface area contributed by atoms with Crippen molar-refractivity contribution in [3.8, 4) is 22.6 Å². The van der Waals surface area contributed by atoms with Gasteiger partial charge in [-0.2, -0.15) is 0 Å². The number of hydrogen-bond donors (Lipinski definition) is 6. The van der Waals surface area contributed by atoms with Crippen LogP contribution in [0.25, 0.3) is 11.1 Å². The lowest BCUT2D eigenvalue weighted by Crippen LogP contribution is -2.54. The molecule has 1 aliphatic rings. The maximum absolute atomic E-state index is 14.1. The Balaban J connectivity index is 1.87. The number of amides is 4. The summed E-state index contributed by atoms with van der Waals surface area (Å²) in [6.45, 7) is 2.35. The highest BCUT2D eigenvalue weighted by Crippen LogP contribution is 2.40. The number of aldehydes is 1. The fourth-order valence-corrected chi connectivity index (χ4v) is 5.49. The molecule has 0 aliphatic carbocycles. The second kappa shape index (κ2) is 17.8. The summed E-state index contributed by atoms with van der Waals surface area (Å²) in [5, 5.41) is 8.03. The van der Waals surface area contributed by atoms with E-state index in [1.165, 1.54) is 37.6 Å². The molecule has 0 saturated carbocycles. The van der Waals surface area contributed by atoms with Crippen molar-refractivity contribution in [2.75, 3.05) is 39.9 Å². The highest BCUT2D eigenvalue weighted by molar-refractivity contribution is 5.99. The van der Waals surface area contributed by atoms with Gasteiger partial charge in [-0.1, -0.05) is 12.1 Å². The van der Waals surface area contributed by atoms with Crippen molar-refractivity contribution in [1.82, 2.24) is 30.8 Å². The van der Waals surface area contributed by atoms with Crippen LogP contribution in [0.5, 0.6) is 11.5 Å². The lowest BCUT2D eigenvalue weighted by molar-refractivity contribution is -0.141. The molecule has 0 saturated heterocycles. The van der Waals surface area contributed by atoms with Crippen LogP contribution in [0.15, 0.2) is 55.1 Å². The summed E-state index contributed by atoms with van der Waals surface area (Å²) in [5.74, 6) is -1.67. The monoisotopic (exact) mass is 689 g/mol. The van der Waals surface area contributed by atoms with E-state index in [2.05, 4.69) is 25.9 Å². The molecule has 2 heterocycles. The predicted octanol–water partition coefficient (Wildman–Crippen LogP) is -0.790. The van der Waals surface area contributed by atoms with Crippen molar-refractivity contribution < 1.29 is 33.4 Å². The molecular formula is C34H43N9O7. The fourth-order valence-electron chi connectivity index (χ4n) is 5.49. The average molecular weight is 690 g/mol. The summed E-state index contributed by atoms with van der Waals surface area (Å²) < 4.78 is 12.0. The number of carbonyl (C=O) groups is 5. The van der Waals surface area contributed by atoms with E-state index < -0.39 is 47.8 Å². The lowest BCUT2D eigenvalue weighted by Gasteiger charge is -2.32. The van der Waals surface area contributed by atoms with Gasteiger partial charge in [0.05, 0.1) is 11.6 Å². The molecule has 3 aromatic rings. The minimum Gasteiger partial charge on any atom is -0.492 e. The zero-order valence-electron chi connectivity index (χ0n) is 28.0. The number of likely N-dealkylation sites (N-methyl/N-ethyl adjacent to an activating group) is 1. The Labute approximate surface area is 289 Å². The number of aromatic nitrogens is 2. The maximum Gasteiger partial charge on any atom is 0.255 e. The van der Waals surface area contributed by atoms with E-state index in [0.29, 0.717) is 40.0 Å². The first-order valence-electron chi connectivity index (χ1n) is 16.1. The quantitative estimate of drug-likeness (QED) is 0.121. The molecule has 1 aliphatic heterocycles. The maximum atomic E-state index is 14.1. The number of hydrogen-bond acceptors (Lipinski definition) is 12. The van der Waals surface area contributed by atoms with E-state index in [0.717, 1.165) is 0 Å². The molecule has 16 heteroatoms. The number of nitrogens with two attached hydrogens (primary N) is 3. The van der Waals surface area contributed by atoms with Gasteiger partial charge < -0.3 is 52.3 Å². The van der Waals surface area contributed by atoms with E-state index in [1.807, 2.05) is 6.07 Å². The molecule has 0 spiro atoms. The topological polar surface area (TPSA) is 247 Å².